The summed E-state index contributed by atoms with van der Waals surface area (Å²) in [7, 11) is -3.08. The van der Waals surface area contributed by atoms with Crippen molar-refractivity contribution in [3.05, 3.63) is 27.3 Å². The first-order chi connectivity index (χ1) is 12.3. The largest absolute Gasteiger partial charge is 0.337 e. The van der Waals surface area contributed by atoms with Gasteiger partial charge in [0.05, 0.1) is 16.4 Å². The quantitative estimate of drug-likeness (QED) is 0.525. The van der Waals surface area contributed by atoms with E-state index in [1.54, 1.807) is 11.0 Å². The molecule has 2 aliphatic heterocycles. The van der Waals surface area contributed by atoms with Crippen LogP contribution in [0.4, 0.5) is 0 Å². The first-order valence-electron chi connectivity index (χ1n) is 8.09. The van der Waals surface area contributed by atoms with E-state index in [1.807, 2.05) is 24.4 Å². The highest BCUT2D eigenvalue weighted by molar-refractivity contribution is 8.26. The predicted molar refractivity (Wildman–Crippen MR) is 109 cm³/mol. The van der Waals surface area contributed by atoms with Crippen molar-refractivity contribution >= 4 is 67.4 Å². The molecule has 10 heteroatoms. The minimum atomic E-state index is -3.08. The highest BCUT2D eigenvalue weighted by Crippen LogP contribution is 2.33. The summed E-state index contributed by atoms with van der Waals surface area (Å²) >= 11 is 7.97. The topological polar surface area (TPSA) is 74.8 Å². The molecule has 0 radical (unpaired) electrons. The Hall–Kier alpha value is -1.23. The second kappa shape index (κ2) is 7.79. The summed E-state index contributed by atoms with van der Waals surface area (Å²) in [5.41, 5.74) is 0. The van der Waals surface area contributed by atoms with Gasteiger partial charge in [-0.05, 0) is 30.9 Å². The Kier molecular flexibility index (Phi) is 5.85. The normalized spacial score (nSPS) is 23.8. The first-order valence-corrected chi connectivity index (χ1v) is 12.0. The van der Waals surface area contributed by atoms with E-state index in [1.165, 1.54) is 28.0 Å². The maximum atomic E-state index is 12.7. The lowest BCUT2D eigenvalue weighted by Gasteiger charge is -2.28. The molecule has 0 N–H and O–H groups in total. The first kappa shape index (κ1) is 19.5. The molecule has 2 fully saturated rings. The molecule has 26 heavy (non-hydrogen) atoms. The molecule has 6 nitrogen and oxygen atoms in total. The van der Waals surface area contributed by atoms with E-state index in [-0.39, 0.29) is 35.9 Å². The number of thiocarbonyl (C=S) groups is 1. The van der Waals surface area contributed by atoms with Gasteiger partial charge in [-0.3, -0.25) is 14.5 Å². The number of carbonyl (C=O) groups excluding carboxylic acids is 2. The summed E-state index contributed by atoms with van der Waals surface area (Å²) in [6.45, 7) is 2.06. The van der Waals surface area contributed by atoms with E-state index in [2.05, 4.69) is 0 Å². The highest BCUT2D eigenvalue weighted by atomic mass is 32.2. The second-order valence-electron chi connectivity index (χ2n) is 6.02. The van der Waals surface area contributed by atoms with Crippen LogP contribution in [0.2, 0.25) is 0 Å². The molecule has 140 valence electrons. The van der Waals surface area contributed by atoms with Crippen LogP contribution >= 0.6 is 35.3 Å². The van der Waals surface area contributed by atoms with Crippen molar-refractivity contribution in [1.82, 2.24) is 9.80 Å². The number of thioether (sulfide) groups is 1. The van der Waals surface area contributed by atoms with Crippen LogP contribution in [0.15, 0.2) is 22.4 Å². The Morgan fingerprint density at radius 1 is 1.50 bits per heavy atom. The molecule has 3 heterocycles. The van der Waals surface area contributed by atoms with E-state index in [0.717, 1.165) is 4.88 Å². The lowest BCUT2D eigenvalue weighted by molar-refractivity contribution is -0.136. The van der Waals surface area contributed by atoms with Crippen molar-refractivity contribution in [1.29, 1.82) is 0 Å². The van der Waals surface area contributed by atoms with Crippen LogP contribution < -0.4 is 0 Å². The molecule has 0 unspecified atom stereocenters. The minimum Gasteiger partial charge on any atom is -0.337 e. The van der Waals surface area contributed by atoms with Crippen molar-refractivity contribution in [2.24, 2.45) is 0 Å². The van der Waals surface area contributed by atoms with Crippen LogP contribution in [0, 0.1) is 0 Å². The zero-order valence-corrected chi connectivity index (χ0v) is 17.3. The monoisotopic (exact) mass is 430 g/mol. The summed E-state index contributed by atoms with van der Waals surface area (Å²) in [4.78, 5) is 29.6. The van der Waals surface area contributed by atoms with Crippen LogP contribution in [0.1, 0.15) is 18.2 Å². The molecule has 0 saturated carbocycles. The average Bonchev–Trinajstić information content (AvgIpc) is 3.26. The van der Waals surface area contributed by atoms with E-state index >= 15 is 0 Å². The van der Waals surface area contributed by atoms with Crippen LogP contribution in [0.3, 0.4) is 0 Å². The molecule has 1 atom stereocenters. The van der Waals surface area contributed by atoms with Gasteiger partial charge in [-0.15, -0.1) is 11.3 Å². The van der Waals surface area contributed by atoms with Gasteiger partial charge in [-0.1, -0.05) is 30.0 Å². The van der Waals surface area contributed by atoms with Crippen LogP contribution in [0.25, 0.3) is 6.08 Å². The number of hydrogen-bond acceptors (Lipinski definition) is 7. The van der Waals surface area contributed by atoms with E-state index in [4.69, 9.17) is 12.2 Å². The van der Waals surface area contributed by atoms with Gasteiger partial charge in [0.1, 0.15) is 10.9 Å². The van der Waals surface area contributed by atoms with Gasteiger partial charge >= 0.3 is 0 Å². The molecule has 0 spiro atoms. The molecule has 2 aliphatic rings. The molecule has 2 saturated heterocycles. The van der Waals surface area contributed by atoms with Crippen molar-refractivity contribution in [3.8, 4) is 0 Å². The molecule has 1 aromatic rings. The fourth-order valence-electron chi connectivity index (χ4n) is 3.02. The molecule has 3 rings (SSSR count). The fourth-order valence-corrected chi connectivity index (χ4v) is 6.73. The summed E-state index contributed by atoms with van der Waals surface area (Å²) in [5, 5.41) is 1.92. The third-order valence-electron chi connectivity index (χ3n) is 4.29. The summed E-state index contributed by atoms with van der Waals surface area (Å²) in [6.07, 6.45) is 2.22. The number of amides is 2. The lowest BCUT2D eigenvalue weighted by atomic mass is 10.2. The number of likely N-dealkylation sites (N-methyl/N-ethyl adjacent to an activating group) is 1. The number of thiophene rings is 1. The van der Waals surface area contributed by atoms with Gasteiger partial charge < -0.3 is 4.90 Å². The maximum Gasteiger partial charge on any atom is 0.266 e. The van der Waals surface area contributed by atoms with Gasteiger partial charge in [-0.25, -0.2) is 8.42 Å². The highest BCUT2D eigenvalue weighted by Gasteiger charge is 2.38. The van der Waals surface area contributed by atoms with Crippen molar-refractivity contribution in [3.63, 3.8) is 0 Å². The van der Waals surface area contributed by atoms with Gasteiger partial charge in [-0.2, -0.15) is 0 Å². The Bertz CT molecular complexity index is 861. The number of sulfone groups is 1. The molecule has 0 bridgehead atoms. The molecule has 1 aromatic heterocycles. The summed E-state index contributed by atoms with van der Waals surface area (Å²) in [6, 6.07) is 3.48. The lowest BCUT2D eigenvalue weighted by Crippen LogP contribution is -2.47. The summed E-state index contributed by atoms with van der Waals surface area (Å²) < 4.78 is 23.7. The number of hydrogen-bond donors (Lipinski definition) is 0. The molecule has 0 aliphatic carbocycles. The number of rotatable bonds is 5. The Balaban J connectivity index is 1.70. The van der Waals surface area contributed by atoms with Crippen molar-refractivity contribution in [2.45, 2.75) is 19.4 Å². The third-order valence-corrected chi connectivity index (χ3v) is 8.24. The van der Waals surface area contributed by atoms with Gasteiger partial charge in [0.15, 0.2) is 9.84 Å². The minimum absolute atomic E-state index is 0.0107. The molecule has 0 aromatic carbocycles. The molecular formula is C16H18N2O4S4. The Morgan fingerprint density at radius 2 is 2.27 bits per heavy atom. The Morgan fingerprint density at radius 3 is 2.85 bits per heavy atom. The van der Waals surface area contributed by atoms with Crippen LogP contribution in [-0.2, 0) is 19.4 Å². The van der Waals surface area contributed by atoms with E-state index in [9.17, 15) is 18.0 Å². The van der Waals surface area contributed by atoms with E-state index < -0.39 is 9.84 Å². The second-order valence-corrected chi connectivity index (χ2v) is 10.9. The maximum absolute atomic E-state index is 12.7. The van der Waals surface area contributed by atoms with Crippen LogP contribution in [-0.4, -0.2) is 65.0 Å². The van der Waals surface area contributed by atoms with Crippen molar-refractivity contribution in [2.75, 3.05) is 24.6 Å². The fraction of sp³-hybridized carbons (Fsp3) is 0.438. The zero-order valence-electron chi connectivity index (χ0n) is 14.1. The number of nitrogens with zero attached hydrogens (tertiary/aromatic N) is 2. The molecular weight excluding hydrogens is 412 g/mol. The SMILES string of the molecule is CCN(C(=O)CN1C(=O)/C(=C\c2cccs2)SC1=S)[C@H]1CCS(=O)(=O)C1. The third kappa shape index (κ3) is 4.19. The number of carbonyl (C=O) groups is 2. The predicted octanol–water partition coefficient (Wildman–Crippen LogP) is 1.98. The zero-order chi connectivity index (χ0) is 18.9. The van der Waals surface area contributed by atoms with Gasteiger partial charge in [0, 0.05) is 17.5 Å². The molecule has 2 amide bonds. The van der Waals surface area contributed by atoms with Crippen molar-refractivity contribution < 1.29 is 18.0 Å². The van der Waals surface area contributed by atoms with Crippen LogP contribution in [0.5, 0.6) is 0 Å². The van der Waals surface area contributed by atoms with E-state index in [0.29, 0.717) is 22.2 Å². The van der Waals surface area contributed by atoms with Gasteiger partial charge in [0.2, 0.25) is 5.91 Å². The average molecular weight is 431 g/mol. The standard InChI is InChI=1S/C16H18N2O4S4/c1-2-17(11-5-7-26(21,22)10-11)14(19)9-18-15(20)13(25-16(18)23)8-12-4-3-6-24-12/h3-4,6,8,11H,2,5,7,9-10H2,1H3/b13-8+/t11-/m0/s1. The Labute approximate surface area is 166 Å². The van der Waals surface area contributed by atoms with Gasteiger partial charge in [0.25, 0.3) is 5.91 Å². The summed E-state index contributed by atoms with van der Waals surface area (Å²) in [5.74, 6) is -0.463. The smallest absolute Gasteiger partial charge is 0.266 e.